The summed E-state index contributed by atoms with van der Waals surface area (Å²) in [4.78, 5) is 16.7. The molecule has 1 saturated carbocycles. The average molecular weight is 382 g/mol. The number of hydrogen-bond acceptors (Lipinski definition) is 5. The van der Waals surface area contributed by atoms with Crippen molar-refractivity contribution in [3.05, 3.63) is 41.7 Å². The van der Waals surface area contributed by atoms with Crippen molar-refractivity contribution in [1.82, 2.24) is 20.5 Å². The average Bonchev–Trinajstić information content (AvgIpc) is 3.03. The fraction of sp³-hybridized carbons (Fsp3) is 0.400. The van der Waals surface area contributed by atoms with E-state index in [1.807, 2.05) is 42.5 Å². The third-order valence-corrected chi connectivity index (χ3v) is 5.44. The fourth-order valence-electron chi connectivity index (χ4n) is 3.17. The molecule has 0 saturated heterocycles. The number of hydrogen-bond donors (Lipinski definition) is 2. The maximum absolute atomic E-state index is 12.3. The van der Waals surface area contributed by atoms with Crippen molar-refractivity contribution in [2.24, 2.45) is 0 Å². The van der Waals surface area contributed by atoms with Crippen LogP contribution in [-0.4, -0.2) is 32.4 Å². The second-order valence-corrected chi connectivity index (χ2v) is 7.63. The minimum absolute atomic E-state index is 0.144. The number of nitrogens with zero attached hydrogens (tertiary/aromatic N) is 3. The number of carbonyl (C=O) groups excluding carboxylic acids is 1. The first-order valence-electron chi connectivity index (χ1n) is 9.20. The van der Waals surface area contributed by atoms with Crippen LogP contribution in [0.15, 0.2) is 35.5 Å². The normalized spacial score (nSPS) is 16.6. The Hall–Kier alpha value is -2.59. The highest BCUT2D eigenvalue weighted by molar-refractivity contribution is 7.99. The van der Waals surface area contributed by atoms with E-state index >= 15 is 0 Å². The lowest BCUT2D eigenvalue weighted by molar-refractivity contribution is -0.120. The Bertz CT molecular complexity index is 816. The van der Waals surface area contributed by atoms with Crippen LogP contribution in [0.3, 0.4) is 0 Å². The van der Waals surface area contributed by atoms with Crippen LogP contribution in [0.5, 0.6) is 0 Å². The Balaban J connectivity index is 1.51. The van der Waals surface area contributed by atoms with Gasteiger partial charge in [0.1, 0.15) is 11.4 Å². The summed E-state index contributed by atoms with van der Waals surface area (Å²) in [7, 11) is 0. The number of carbonyl (C=O) groups is 1. The predicted octanol–water partition coefficient (Wildman–Crippen LogP) is 3.80. The number of nitrogens with one attached hydrogen (secondary N) is 2. The van der Waals surface area contributed by atoms with Crippen molar-refractivity contribution in [1.29, 1.82) is 5.26 Å². The largest absolute Gasteiger partial charge is 0.337 e. The maximum Gasteiger partial charge on any atom is 0.231 e. The molecule has 0 unspecified atom stereocenters. The van der Waals surface area contributed by atoms with E-state index in [2.05, 4.69) is 26.6 Å². The molecule has 1 aliphatic carbocycles. The highest BCUT2D eigenvalue weighted by Gasteiger charge is 2.32. The molecule has 0 aliphatic heterocycles. The lowest BCUT2D eigenvalue weighted by atomic mass is 9.92. The van der Waals surface area contributed by atoms with Gasteiger partial charge >= 0.3 is 0 Å². The summed E-state index contributed by atoms with van der Waals surface area (Å²) in [5, 5.41) is 20.0. The number of aromatic amines is 1. The first-order chi connectivity index (χ1) is 13.2. The summed E-state index contributed by atoms with van der Waals surface area (Å²) >= 11 is 1.27. The van der Waals surface area contributed by atoms with Crippen LogP contribution in [-0.2, 0) is 4.79 Å². The van der Waals surface area contributed by atoms with Crippen LogP contribution in [0.2, 0.25) is 0 Å². The van der Waals surface area contributed by atoms with Gasteiger partial charge in [0.15, 0.2) is 0 Å². The molecular weight excluding hydrogens is 358 g/mol. The Morgan fingerprint density at radius 2 is 1.96 bits per heavy atom. The molecule has 140 valence electrons. The second kappa shape index (κ2) is 9.38. The molecule has 1 aliphatic rings. The monoisotopic (exact) mass is 381 g/mol. The molecular formula is C20H23N5OS. The molecule has 0 bridgehead atoms. The van der Waals surface area contributed by atoms with Gasteiger partial charge in [0.25, 0.3) is 0 Å². The minimum atomic E-state index is -0.712. The zero-order valence-corrected chi connectivity index (χ0v) is 16.0. The lowest BCUT2D eigenvalue weighted by Gasteiger charge is -2.26. The number of aromatic nitrogens is 3. The van der Waals surface area contributed by atoms with Gasteiger partial charge in [-0.05, 0) is 24.5 Å². The third kappa shape index (κ3) is 5.69. The molecule has 0 radical (unpaired) electrons. The summed E-state index contributed by atoms with van der Waals surface area (Å²) in [5.74, 6) is 0.692. The summed E-state index contributed by atoms with van der Waals surface area (Å²) in [5.41, 5.74) is 0.365. The first-order valence-corrected chi connectivity index (χ1v) is 10.2. The second-order valence-electron chi connectivity index (χ2n) is 6.69. The molecule has 0 atom stereocenters. The van der Waals surface area contributed by atoms with Gasteiger partial charge in [-0.2, -0.15) is 5.26 Å². The predicted molar refractivity (Wildman–Crippen MR) is 107 cm³/mol. The molecule has 0 spiro atoms. The molecule has 6 nitrogen and oxygen atoms in total. The number of rotatable bonds is 6. The van der Waals surface area contributed by atoms with Gasteiger partial charge < -0.3 is 5.32 Å². The quantitative estimate of drug-likeness (QED) is 0.586. The number of nitriles is 1. The van der Waals surface area contributed by atoms with Gasteiger partial charge in [-0.25, -0.2) is 4.98 Å². The molecule has 27 heavy (non-hydrogen) atoms. The Labute approximate surface area is 163 Å². The van der Waals surface area contributed by atoms with Crippen molar-refractivity contribution < 1.29 is 4.79 Å². The molecule has 1 fully saturated rings. The van der Waals surface area contributed by atoms with E-state index in [-0.39, 0.29) is 11.7 Å². The first kappa shape index (κ1) is 19.2. The lowest BCUT2D eigenvalue weighted by Crippen LogP contribution is -2.47. The smallest absolute Gasteiger partial charge is 0.231 e. The standard InChI is InChI=1S/C20H23N5OS/c21-15-20(12-6-1-2-7-13-20)23-18(26)14-27-19-22-17(24-25-19)11-10-16-8-4-3-5-9-16/h3-5,8-11H,1-2,6-7,12-14H2,(H,23,26)(H,22,24,25)/b11-10+. The summed E-state index contributed by atoms with van der Waals surface area (Å²) in [6, 6.07) is 12.3. The van der Waals surface area contributed by atoms with E-state index in [0.717, 1.165) is 44.1 Å². The highest BCUT2D eigenvalue weighted by Crippen LogP contribution is 2.27. The van der Waals surface area contributed by atoms with E-state index in [9.17, 15) is 10.1 Å². The molecule has 2 N–H and O–H groups in total. The fourth-order valence-corrected chi connectivity index (χ4v) is 3.77. The zero-order valence-electron chi connectivity index (χ0n) is 15.1. The van der Waals surface area contributed by atoms with Gasteiger partial charge in [-0.1, -0.05) is 73.9 Å². The number of amides is 1. The van der Waals surface area contributed by atoms with Gasteiger partial charge in [0, 0.05) is 0 Å². The highest BCUT2D eigenvalue weighted by atomic mass is 32.2. The van der Waals surface area contributed by atoms with E-state index in [1.165, 1.54) is 11.8 Å². The molecule has 1 aromatic heterocycles. The zero-order chi connectivity index (χ0) is 19.0. The van der Waals surface area contributed by atoms with Crippen molar-refractivity contribution in [3.63, 3.8) is 0 Å². The maximum atomic E-state index is 12.3. The van der Waals surface area contributed by atoms with Gasteiger partial charge in [0.2, 0.25) is 11.1 Å². The Kier molecular flexibility index (Phi) is 6.66. The summed E-state index contributed by atoms with van der Waals surface area (Å²) in [6.07, 6.45) is 9.49. The number of thioether (sulfide) groups is 1. The van der Waals surface area contributed by atoms with Crippen LogP contribution >= 0.6 is 11.8 Å². The SMILES string of the molecule is N#CC1(NC(=O)CSc2n[nH]c(/C=C/c3ccccc3)n2)CCCCCC1. The van der Waals surface area contributed by atoms with Crippen molar-refractivity contribution >= 4 is 29.8 Å². The van der Waals surface area contributed by atoms with Crippen LogP contribution in [0.1, 0.15) is 49.9 Å². The van der Waals surface area contributed by atoms with Crippen molar-refractivity contribution in [3.8, 4) is 6.07 Å². The Morgan fingerprint density at radius 3 is 2.67 bits per heavy atom. The summed E-state index contributed by atoms with van der Waals surface area (Å²) < 4.78 is 0. The molecule has 3 rings (SSSR count). The van der Waals surface area contributed by atoms with Crippen molar-refractivity contribution in [2.45, 2.75) is 49.2 Å². The summed E-state index contributed by atoms with van der Waals surface area (Å²) in [6.45, 7) is 0. The topological polar surface area (TPSA) is 94.5 Å². The molecule has 1 amide bonds. The van der Waals surface area contributed by atoms with Gasteiger partial charge in [-0.3, -0.25) is 9.89 Å². The van der Waals surface area contributed by atoms with Crippen LogP contribution in [0, 0.1) is 11.3 Å². The van der Waals surface area contributed by atoms with Crippen molar-refractivity contribution in [2.75, 3.05) is 5.75 Å². The van der Waals surface area contributed by atoms with Crippen LogP contribution < -0.4 is 5.32 Å². The Morgan fingerprint density at radius 1 is 1.22 bits per heavy atom. The van der Waals surface area contributed by atoms with Crippen LogP contribution in [0.25, 0.3) is 12.2 Å². The molecule has 2 aromatic rings. The van der Waals surface area contributed by atoms with E-state index in [1.54, 1.807) is 0 Å². The van der Waals surface area contributed by atoms with Gasteiger partial charge in [-0.15, -0.1) is 5.10 Å². The van der Waals surface area contributed by atoms with Crippen LogP contribution in [0.4, 0.5) is 0 Å². The van der Waals surface area contributed by atoms with E-state index in [4.69, 9.17) is 0 Å². The molecule has 1 aromatic carbocycles. The molecule has 7 heteroatoms. The number of benzene rings is 1. The minimum Gasteiger partial charge on any atom is -0.337 e. The van der Waals surface area contributed by atoms with Gasteiger partial charge in [0.05, 0.1) is 11.8 Å². The molecule has 1 heterocycles. The van der Waals surface area contributed by atoms with E-state index in [0.29, 0.717) is 11.0 Å². The van der Waals surface area contributed by atoms with E-state index < -0.39 is 5.54 Å². The number of H-pyrrole nitrogens is 1. The third-order valence-electron chi connectivity index (χ3n) is 4.60.